The van der Waals surface area contributed by atoms with Crippen LogP contribution in [0.3, 0.4) is 0 Å². The lowest BCUT2D eigenvalue weighted by Crippen LogP contribution is -2.12. The van der Waals surface area contributed by atoms with Crippen LogP contribution in [0.4, 0.5) is 0 Å². The van der Waals surface area contributed by atoms with E-state index in [2.05, 4.69) is 36.0 Å². The Balaban J connectivity index is 1.33. The predicted octanol–water partition coefficient (Wildman–Crippen LogP) is 4.95. The molecule has 1 atom stereocenters. The first-order chi connectivity index (χ1) is 15.5. The first-order valence-corrected chi connectivity index (χ1v) is 12.2. The number of rotatable bonds is 7. The molecule has 3 aromatic heterocycles. The number of thiophene rings is 1. The van der Waals surface area contributed by atoms with Crippen molar-refractivity contribution in [3.8, 4) is 23.0 Å². The molecule has 5 rings (SSSR count). The van der Waals surface area contributed by atoms with Crippen molar-refractivity contribution < 1.29 is 13.9 Å². The number of ether oxygens (including phenoxy) is 2. The third-order valence-corrected chi connectivity index (χ3v) is 7.39. The van der Waals surface area contributed by atoms with E-state index in [1.165, 1.54) is 11.8 Å². The van der Waals surface area contributed by atoms with Gasteiger partial charge >= 0.3 is 0 Å². The van der Waals surface area contributed by atoms with Gasteiger partial charge in [-0.05, 0) is 43.0 Å². The van der Waals surface area contributed by atoms with Gasteiger partial charge in [-0.25, -0.2) is 4.98 Å². The average Bonchev–Trinajstić information content (AvgIpc) is 3.50. The number of nitrogens with one attached hydrogen (secondary N) is 1. The van der Waals surface area contributed by atoms with Crippen molar-refractivity contribution in [1.82, 2.24) is 20.2 Å². The summed E-state index contributed by atoms with van der Waals surface area (Å²) in [5, 5.41) is 9.35. The van der Waals surface area contributed by atoms with Gasteiger partial charge in [0, 0.05) is 10.4 Å². The Kier molecular flexibility index (Phi) is 5.64. The molecule has 1 aliphatic heterocycles. The van der Waals surface area contributed by atoms with Crippen LogP contribution in [-0.2, 0) is 12.2 Å². The van der Waals surface area contributed by atoms with Gasteiger partial charge in [0.2, 0.25) is 12.7 Å². The second-order valence-electron chi connectivity index (χ2n) is 7.78. The van der Waals surface area contributed by atoms with Crippen LogP contribution in [0.2, 0.25) is 0 Å². The normalized spacial score (nSPS) is 13.7. The van der Waals surface area contributed by atoms with Gasteiger partial charge in [0.15, 0.2) is 11.5 Å². The van der Waals surface area contributed by atoms with E-state index in [0.29, 0.717) is 40.1 Å². The van der Waals surface area contributed by atoms with Crippen LogP contribution in [0.5, 0.6) is 11.5 Å². The van der Waals surface area contributed by atoms with Gasteiger partial charge in [-0.1, -0.05) is 32.0 Å². The smallest absolute Gasteiger partial charge is 0.277 e. The molecule has 10 heteroatoms. The molecule has 32 heavy (non-hydrogen) atoms. The third-order valence-electron chi connectivity index (χ3n) is 5.52. The van der Waals surface area contributed by atoms with Crippen LogP contribution < -0.4 is 15.0 Å². The quantitative estimate of drug-likeness (QED) is 0.378. The summed E-state index contributed by atoms with van der Waals surface area (Å²) in [6, 6.07) is 5.48. The second kappa shape index (κ2) is 8.59. The molecule has 0 bridgehead atoms. The number of thioether (sulfide) groups is 1. The van der Waals surface area contributed by atoms with E-state index in [1.54, 1.807) is 11.3 Å². The van der Waals surface area contributed by atoms with E-state index in [9.17, 15) is 4.79 Å². The van der Waals surface area contributed by atoms with E-state index >= 15 is 0 Å². The standard InChI is InChI=1S/C22H22N4O4S2/c1-4-11(2)7-14-12(3)32-21-18(14)19(27)23-17(24-21)9-31-22-26-25-20(30-22)13-5-6-15-16(8-13)29-10-28-15/h5-6,8,11H,4,7,9-10H2,1-3H3,(H,23,24,27). The Morgan fingerprint density at radius 3 is 2.94 bits per heavy atom. The molecular formula is C22H22N4O4S2. The van der Waals surface area contributed by atoms with Crippen LogP contribution in [0.25, 0.3) is 21.7 Å². The first kappa shape index (κ1) is 21.0. The summed E-state index contributed by atoms with van der Waals surface area (Å²) < 4.78 is 16.5. The molecule has 0 radical (unpaired) electrons. The Labute approximate surface area is 192 Å². The van der Waals surface area contributed by atoms with Crippen molar-refractivity contribution in [2.45, 2.75) is 44.6 Å². The average molecular weight is 471 g/mol. The molecule has 8 nitrogen and oxygen atoms in total. The molecule has 1 aliphatic rings. The zero-order valence-corrected chi connectivity index (χ0v) is 19.6. The summed E-state index contributed by atoms with van der Waals surface area (Å²) in [6.45, 7) is 6.65. The molecular weight excluding hydrogens is 448 g/mol. The van der Waals surface area contributed by atoms with E-state index in [4.69, 9.17) is 18.9 Å². The van der Waals surface area contributed by atoms with Crippen molar-refractivity contribution in [3.63, 3.8) is 0 Å². The molecule has 1 aromatic carbocycles. The highest BCUT2D eigenvalue weighted by atomic mass is 32.2. The zero-order valence-electron chi connectivity index (χ0n) is 17.9. The summed E-state index contributed by atoms with van der Waals surface area (Å²) in [4.78, 5) is 22.4. The lowest BCUT2D eigenvalue weighted by Gasteiger charge is -2.08. The number of hydrogen-bond donors (Lipinski definition) is 1. The minimum atomic E-state index is -0.0835. The number of H-pyrrole nitrogens is 1. The van der Waals surface area contributed by atoms with Gasteiger partial charge in [-0.3, -0.25) is 4.79 Å². The van der Waals surface area contributed by atoms with Crippen molar-refractivity contribution in [2.75, 3.05) is 6.79 Å². The fourth-order valence-electron chi connectivity index (χ4n) is 3.57. The highest BCUT2D eigenvalue weighted by Crippen LogP contribution is 2.36. The molecule has 0 aliphatic carbocycles. The maximum atomic E-state index is 12.8. The van der Waals surface area contributed by atoms with Crippen molar-refractivity contribution >= 4 is 33.3 Å². The topological polar surface area (TPSA) is 103 Å². The maximum absolute atomic E-state index is 12.8. The summed E-state index contributed by atoms with van der Waals surface area (Å²) >= 11 is 2.91. The fraction of sp³-hybridized carbons (Fsp3) is 0.364. The molecule has 0 amide bonds. The first-order valence-electron chi connectivity index (χ1n) is 10.4. The zero-order chi connectivity index (χ0) is 22.2. The number of nitrogens with zero attached hydrogens (tertiary/aromatic N) is 3. The SMILES string of the molecule is CCC(C)Cc1c(C)sc2nc(CSc3nnc(-c4ccc5c(c4)OCO5)o3)[nH]c(=O)c12. The van der Waals surface area contributed by atoms with Crippen LogP contribution in [0.1, 0.15) is 36.5 Å². The van der Waals surface area contributed by atoms with E-state index in [-0.39, 0.29) is 12.4 Å². The van der Waals surface area contributed by atoms with Gasteiger partial charge in [0.1, 0.15) is 10.7 Å². The Hall–Kier alpha value is -2.85. The van der Waals surface area contributed by atoms with Crippen LogP contribution in [0.15, 0.2) is 32.6 Å². The summed E-state index contributed by atoms with van der Waals surface area (Å²) in [5.41, 5.74) is 1.79. The third kappa shape index (κ3) is 4.00. The Bertz CT molecular complexity index is 1340. The largest absolute Gasteiger partial charge is 0.454 e. The molecule has 0 fully saturated rings. The molecule has 1 unspecified atom stereocenters. The van der Waals surface area contributed by atoms with Crippen LogP contribution >= 0.6 is 23.1 Å². The van der Waals surface area contributed by atoms with Gasteiger partial charge in [0.05, 0.1) is 11.1 Å². The number of aromatic amines is 1. The number of aryl methyl sites for hydroxylation is 1. The lowest BCUT2D eigenvalue weighted by molar-refractivity contribution is 0.174. The second-order valence-corrected chi connectivity index (χ2v) is 9.91. The predicted molar refractivity (Wildman–Crippen MR) is 124 cm³/mol. The number of fused-ring (bicyclic) bond motifs is 2. The Morgan fingerprint density at radius 1 is 1.25 bits per heavy atom. The van der Waals surface area contributed by atoms with Gasteiger partial charge in [-0.2, -0.15) is 0 Å². The Morgan fingerprint density at radius 2 is 2.09 bits per heavy atom. The van der Waals surface area contributed by atoms with Crippen LogP contribution in [-0.4, -0.2) is 27.0 Å². The summed E-state index contributed by atoms with van der Waals surface area (Å²) in [7, 11) is 0. The van der Waals surface area contributed by atoms with E-state index in [0.717, 1.165) is 39.1 Å². The number of benzene rings is 1. The monoisotopic (exact) mass is 470 g/mol. The van der Waals surface area contributed by atoms with Gasteiger partial charge in [-0.15, -0.1) is 21.5 Å². The molecule has 0 saturated heterocycles. The highest BCUT2D eigenvalue weighted by Gasteiger charge is 2.19. The van der Waals surface area contributed by atoms with Crippen molar-refractivity contribution in [2.24, 2.45) is 5.92 Å². The highest BCUT2D eigenvalue weighted by molar-refractivity contribution is 7.98. The molecule has 166 valence electrons. The van der Waals surface area contributed by atoms with Crippen molar-refractivity contribution in [3.05, 3.63) is 44.8 Å². The maximum Gasteiger partial charge on any atom is 0.277 e. The fourth-order valence-corrected chi connectivity index (χ4v) is 5.28. The van der Waals surface area contributed by atoms with E-state index in [1.807, 2.05) is 18.2 Å². The molecule has 0 spiro atoms. The summed E-state index contributed by atoms with van der Waals surface area (Å²) in [6.07, 6.45) is 1.97. The van der Waals surface area contributed by atoms with Crippen LogP contribution in [0, 0.1) is 12.8 Å². The molecule has 4 aromatic rings. The number of hydrogen-bond acceptors (Lipinski definition) is 9. The van der Waals surface area contributed by atoms with Gasteiger partial charge in [0.25, 0.3) is 10.8 Å². The minimum absolute atomic E-state index is 0.0835. The molecule has 0 saturated carbocycles. The minimum Gasteiger partial charge on any atom is -0.454 e. The molecule has 1 N–H and O–H groups in total. The van der Waals surface area contributed by atoms with E-state index < -0.39 is 0 Å². The molecule has 4 heterocycles. The van der Waals surface area contributed by atoms with Crippen molar-refractivity contribution in [1.29, 1.82) is 0 Å². The summed E-state index contributed by atoms with van der Waals surface area (Å²) in [5.74, 6) is 3.29. The lowest BCUT2D eigenvalue weighted by atomic mass is 9.98. The van der Waals surface area contributed by atoms with Gasteiger partial charge < -0.3 is 18.9 Å². The number of aromatic nitrogens is 4.